The van der Waals surface area contributed by atoms with E-state index in [4.69, 9.17) is 4.74 Å². The van der Waals surface area contributed by atoms with E-state index in [-0.39, 0.29) is 11.7 Å². The number of thiophene rings is 1. The molecule has 7 nitrogen and oxygen atoms in total. The molecule has 0 radical (unpaired) electrons. The second kappa shape index (κ2) is 9.19. The maximum Gasteiger partial charge on any atom is 0.265 e. The highest BCUT2D eigenvalue weighted by atomic mass is 32.1. The number of nitrogens with zero attached hydrogens (tertiary/aromatic N) is 4. The van der Waals surface area contributed by atoms with E-state index in [9.17, 15) is 9.18 Å². The summed E-state index contributed by atoms with van der Waals surface area (Å²) in [5, 5.41) is 14.0. The van der Waals surface area contributed by atoms with Crippen LogP contribution >= 0.6 is 11.3 Å². The normalized spacial score (nSPS) is 11.1. The summed E-state index contributed by atoms with van der Waals surface area (Å²) in [5.41, 5.74) is 6.45. The van der Waals surface area contributed by atoms with E-state index >= 15 is 0 Å². The topological polar surface area (TPSA) is 74.0 Å². The van der Waals surface area contributed by atoms with Gasteiger partial charge in [-0.2, -0.15) is 10.2 Å². The van der Waals surface area contributed by atoms with Crippen LogP contribution < -0.4 is 10.1 Å². The lowest BCUT2D eigenvalue weighted by Crippen LogP contribution is -2.12. The van der Waals surface area contributed by atoms with Crippen LogP contribution in [0.25, 0.3) is 0 Å². The molecule has 0 saturated heterocycles. The highest BCUT2D eigenvalue weighted by Crippen LogP contribution is 2.25. The van der Waals surface area contributed by atoms with E-state index in [0.29, 0.717) is 23.8 Å². The third-order valence-electron chi connectivity index (χ3n) is 5.68. The number of carbonyl (C=O) groups excluding carboxylic acids is 1. The summed E-state index contributed by atoms with van der Waals surface area (Å²) in [6.07, 6.45) is 0. The van der Waals surface area contributed by atoms with E-state index in [1.807, 2.05) is 49.5 Å². The highest BCUT2D eigenvalue weighted by molar-refractivity contribution is 7.12. The Morgan fingerprint density at radius 2 is 1.82 bits per heavy atom. The molecule has 1 amide bonds. The Kier molecular flexibility index (Phi) is 6.33. The first-order valence-corrected chi connectivity index (χ1v) is 11.4. The number of ether oxygens (including phenoxy) is 1. The predicted molar refractivity (Wildman–Crippen MR) is 126 cm³/mol. The molecule has 0 aliphatic rings. The van der Waals surface area contributed by atoms with Gasteiger partial charge in [0.05, 0.1) is 34.2 Å². The molecule has 4 aromatic rings. The van der Waals surface area contributed by atoms with Crippen molar-refractivity contribution in [3.8, 4) is 5.75 Å². The number of hydrogen-bond donors (Lipinski definition) is 1. The smallest absolute Gasteiger partial charge is 0.265 e. The van der Waals surface area contributed by atoms with E-state index in [2.05, 4.69) is 15.5 Å². The van der Waals surface area contributed by atoms with Crippen molar-refractivity contribution in [2.24, 2.45) is 7.05 Å². The molecule has 172 valence electrons. The third-order valence-corrected chi connectivity index (χ3v) is 6.66. The van der Waals surface area contributed by atoms with Gasteiger partial charge in [0.25, 0.3) is 5.91 Å². The molecule has 4 rings (SSSR count). The first-order chi connectivity index (χ1) is 15.7. The molecule has 0 aliphatic carbocycles. The summed E-state index contributed by atoms with van der Waals surface area (Å²) in [5.74, 6) is 0.0790. The maximum absolute atomic E-state index is 13.0. The SMILES string of the molecule is Cc1nn(C)c(C)c1Cn1nc(C)c(NC(=O)c2cc(COc3ccc(F)cc3)cs2)c1C. The zero-order chi connectivity index (χ0) is 23.7. The lowest BCUT2D eigenvalue weighted by molar-refractivity contribution is 0.103. The molecule has 3 aromatic heterocycles. The molecule has 0 spiro atoms. The zero-order valence-electron chi connectivity index (χ0n) is 19.3. The molecule has 0 saturated carbocycles. The Morgan fingerprint density at radius 1 is 1.09 bits per heavy atom. The van der Waals surface area contributed by atoms with E-state index < -0.39 is 0 Å². The number of amides is 1. The van der Waals surface area contributed by atoms with Gasteiger partial charge in [-0.05, 0) is 63.4 Å². The Bertz CT molecular complexity index is 1300. The predicted octanol–water partition coefficient (Wildman–Crippen LogP) is 4.93. The Balaban J connectivity index is 1.44. The van der Waals surface area contributed by atoms with Crippen molar-refractivity contribution < 1.29 is 13.9 Å². The van der Waals surface area contributed by atoms with Crippen molar-refractivity contribution >= 4 is 22.9 Å². The van der Waals surface area contributed by atoms with Crippen molar-refractivity contribution in [3.05, 3.63) is 80.3 Å². The van der Waals surface area contributed by atoms with Gasteiger partial charge in [0.2, 0.25) is 0 Å². The van der Waals surface area contributed by atoms with Gasteiger partial charge in [0.1, 0.15) is 18.2 Å². The van der Waals surface area contributed by atoms with Gasteiger partial charge >= 0.3 is 0 Å². The largest absolute Gasteiger partial charge is 0.489 e. The molecule has 0 unspecified atom stereocenters. The minimum Gasteiger partial charge on any atom is -0.489 e. The van der Waals surface area contributed by atoms with E-state index in [1.165, 1.54) is 23.5 Å². The first kappa shape index (κ1) is 22.7. The van der Waals surface area contributed by atoms with E-state index in [1.54, 1.807) is 18.2 Å². The molecule has 1 N–H and O–H groups in total. The summed E-state index contributed by atoms with van der Waals surface area (Å²) in [6.45, 7) is 8.77. The second-order valence-corrected chi connectivity index (χ2v) is 8.90. The van der Waals surface area contributed by atoms with Crippen LogP contribution in [-0.4, -0.2) is 25.5 Å². The van der Waals surface area contributed by atoms with Crippen LogP contribution in [0, 0.1) is 33.5 Å². The van der Waals surface area contributed by atoms with Crippen LogP contribution in [0.1, 0.15) is 43.6 Å². The van der Waals surface area contributed by atoms with Gasteiger partial charge in [-0.25, -0.2) is 4.39 Å². The third kappa shape index (κ3) is 4.83. The van der Waals surface area contributed by atoms with Crippen molar-refractivity contribution in [1.29, 1.82) is 0 Å². The van der Waals surface area contributed by atoms with E-state index in [0.717, 1.165) is 39.6 Å². The van der Waals surface area contributed by atoms with Crippen molar-refractivity contribution in [2.45, 2.75) is 40.8 Å². The monoisotopic (exact) mass is 467 g/mol. The fourth-order valence-corrected chi connectivity index (χ4v) is 4.46. The van der Waals surface area contributed by atoms with Crippen LogP contribution in [0.5, 0.6) is 5.75 Å². The highest BCUT2D eigenvalue weighted by Gasteiger charge is 2.19. The molecule has 0 fully saturated rings. The van der Waals surface area contributed by atoms with Gasteiger partial charge in [-0.15, -0.1) is 11.3 Å². The first-order valence-electron chi connectivity index (χ1n) is 10.5. The second-order valence-electron chi connectivity index (χ2n) is 7.99. The molecule has 33 heavy (non-hydrogen) atoms. The van der Waals surface area contributed by atoms with Crippen molar-refractivity contribution in [3.63, 3.8) is 0 Å². The summed E-state index contributed by atoms with van der Waals surface area (Å²) in [7, 11) is 1.93. The van der Waals surface area contributed by atoms with Crippen LogP contribution in [0.3, 0.4) is 0 Å². The van der Waals surface area contributed by atoms with Crippen LogP contribution in [-0.2, 0) is 20.2 Å². The average molecular weight is 468 g/mol. The Labute approximate surface area is 195 Å². The molecular formula is C24H26FN5O2S. The van der Waals surface area contributed by atoms with Gasteiger partial charge in [0, 0.05) is 23.9 Å². The molecule has 0 atom stereocenters. The number of aryl methyl sites for hydroxylation is 3. The lowest BCUT2D eigenvalue weighted by atomic mass is 10.2. The fraction of sp³-hybridized carbons (Fsp3) is 0.292. The Morgan fingerprint density at radius 3 is 2.48 bits per heavy atom. The lowest BCUT2D eigenvalue weighted by Gasteiger charge is -2.07. The van der Waals surface area contributed by atoms with Gasteiger partial charge in [0.15, 0.2) is 0 Å². The molecule has 9 heteroatoms. The zero-order valence-corrected chi connectivity index (χ0v) is 20.1. The van der Waals surface area contributed by atoms with Crippen molar-refractivity contribution in [1.82, 2.24) is 19.6 Å². The Hall–Kier alpha value is -3.46. The molecule has 1 aromatic carbocycles. The minimum absolute atomic E-state index is 0.187. The number of carbonyl (C=O) groups is 1. The standard InChI is InChI=1S/C24H26FN5O2S/c1-14-21(16(3)29(5)27-14)11-30-17(4)23(15(2)28-30)26-24(31)22-10-18(13-33-22)12-32-20-8-6-19(25)7-9-20/h6-10,13H,11-12H2,1-5H3,(H,26,31). The van der Waals surface area contributed by atoms with Crippen LogP contribution in [0.15, 0.2) is 35.7 Å². The van der Waals surface area contributed by atoms with Gasteiger partial charge in [-0.1, -0.05) is 0 Å². The summed E-state index contributed by atoms with van der Waals surface area (Å²) < 4.78 is 22.5. The number of rotatable bonds is 7. The van der Waals surface area contributed by atoms with Crippen LogP contribution in [0.4, 0.5) is 10.1 Å². The number of benzene rings is 1. The fourth-order valence-electron chi connectivity index (χ4n) is 3.67. The van der Waals surface area contributed by atoms with Gasteiger partial charge in [-0.3, -0.25) is 14.2 Å². The molecular weight excluding hydrogens is 441 g/mol. The number of halogens is 1. The van der Waals surface area contributed by atoms with Gasteiger partial charge < -0.3 is 10.1 Å². The number of hydrogen-bond acceptors (Lipinski definition) is 5. The maximum atomic E-state index is 13.0. The molecule has 3 heterocycles. The number of nitrogens with one attached hydrogen (secondary N) is 1. The number of aromatic nitrogens is 4. The van der Waals surface area contributed by atoms with Crippen molar-refractivity contribution in [2.75, 3.05) is 5.32 Å². The quantitative estimate of drug-likeness (QED) is 0.418. The van der Waals surface area contributed by atoms with Crippen LogP contribution in [0.2, 0.25) is 0 Å². The summed E-state index contributed by atoms with van der Waals surface area (Å²) in [6, 6.07) is 7.66. The molecule has 0 bridgehead atoms. The number of anilines is 1. The minimum atomic E-state index is -0.309. The summed E-state index contributed by atoms with van der Waals surface area (Å²) >= 11 is 1.35. The average Bonchev–Trinajstić information content (AvgIpc) is 3.43. The molecule has 0 aliphatic heterocycles. The summed E-state index contributed by atoms with van der Waals surface area (Å²) in [4.78, 5) is 13.5.